The van der Waals surface area contributed by atoms with Gasteiger partial charge in [-0.2, -0.15) is 0 Å². The van der Waals surface area contributed by atoms with Crippen LogP contribution in [0.3, 0.4) is 0 Å². The molecular formula is C5H7FHgNO2. The summed E-state index contributed by atoms with van der Waals surface area (Å²) in [5.41, 5.74) is 0. The summed E-state index contributed by atoms with van der Waals surface area (Å²) in [6.45, 7) is 0.579. The molecule has 0 aromatic carbocycles. The molecule has 1 N–H and O–H groups in total. The minimum absolute atomic E-state index is 0.516. The van der Waals surface area contributed by atoms with Gasteiger partial charge >= 0.3 is 74.3 Å². The second-order valence-corrected chi connectivity index (χ2v) is 4.48. The average molecular weight is 333 g/mol. The molecule has 0 aliphatic carbocycles. The van der Waals surface area contributed by atoms with Gasteiger partial charge in [0, 0.05) is 0 Å². The maximum absolute atomic E-state index is 11.5. The predicted molar refractivity (Wildman–Crippen MR) is 28.5 cm³/mol. The number of hydrogen-bond acceptors (Lipinski definition) is 2. The predicted octanol–water partition coefficient (Wildman–Crippen LogP) is -0.0461. The van der Waals surface area contributed by atoms with Crippen molar-refractivity contribution in [1.82, 2.24) is 5.32 Å². The number of carbonyl (C=O) groups is 2. The number of hydrogen-bond donors (Lipinski definition) is 1. The van der Waals surface area contributed by atoms with Crippen molar-refractivity contribution in [1.29, 1.82) is 0 Å². The molecule has 10 heavy (non-hydrogen) atoms. The van der Waals surface area contributed by atoms with Crippen LogP contribution in [0.5, 0.6) is 0 Å². The summed E-state index contributed by atoms with van der Waals surface area (Å²) in [6.07, 6.45) is -0.631. The van der Waals surface area contributed by atoms with Gasteiger partial charge in [-0.1, -0.05) is 0 Å². The van der Waals surface area contributed by atoms with Crippen molar-refractivity contribution in [3.63, 3.8) is 0 Å². The van der Waals surface area contributed by atoms with Crippen LogP contribution in [0.1, 0.15) is 6.42 Å². The molecule has 0 spiro atoms. The van der Waals surface area contributed by atoms with Gasteiger partial charge in [0.25, 0.3) is 0 Å². The summed E-state index contributed by atoms with van der Waals surface area (Å²) in [7, 11) is 0. The molecule has 0 unspecified atom stereocenters. The van der Waals surface area contributed by atoms with Gasteiger partial charge in [-0.25, -0.2) is 0 Å². The molecule has 1 amide bonds. The SMILES string of the molecule is O=C(F)CC(=O)NC[CH2][Hg]. The third-order valence-corrected chi connectivity index (χ3v) is 2.17. The summed E-state index contributed by atoms with van der Waals surface area (Å²) < 4.78 is 12.5. The summed E-state index contributed by atoms with van der Waals surface area (Å²) in [4.78, 5) is 20.2. The van der Waals surface area contributed by atoms with Crippen molar-refractivity contribution in [2.24, 2.45) is 0 Å². The molecule has 3 nitrogen and oxygen atoms in total. The van der Waals surface area contributed by atoms with E-state index in [2.05, 4.69) is 5.32 Å². The first-order valence-corrected chi connectivity index (χ1v) is 6.80. The van der Waals surface area contributed by atoms with Crippen LogP contribution >= 0.6 is 0 Å². The van der Waals surface area contributed by atoms with Gasteiger partial charge in [-0.3, -0.25) is 0 Å². The number of rotatable bonds is 4. The Labute approximate surface area is 74.3 Å². The van der Waals surface area contributed by atoms with E-state index in [1.165, 1.54) is 0 Å². The molecule has 0 radical (unpaired) electrons. The maximum atomic E-state index is 11.5. The van der Waals surface area contributed by atoms with Gasteiger partial charge < -0.3 is 0 Å². The fraction of sp³-hybridized carbons (Fsp3) is 0.600. The number of halogens is 1. The molecule has 5 heteroatoms. The minimum atomic E-state index is -1.57. The zero-order valence-corrected chi connectivity index (χ0v) is 11.0. The third-order valence-electron chi connectivity index (χ3n) is 0.798. The number of nitrogens with one attached hydrogen (secondary N) is 1. The van der Waals surface area contributed by atoms with Gasteiger partial charge in [0.2, 0.25) is 0 Å². The summed E-state index contributed by atoms with van der Waals surface area (Å²) in [5.74, 6) is -0.516. The van der Waals surface area contributed by atoms with E-state index in [0.717, 1.165) is 3.93 Å². The van der Waals surface area contributed by atoms with Crippen molar-refractivity contribution in [3.05, 3.63) is 0 Å². The normalized spacial score (nSPS) is 9.10. The first-order valence-electron chi connectivity index (χ1n) is 2.91. The second kappa shape index (κ2) is 5.76. The fourth-order valence-corrected chi connectivity index (χ4v) is 1.10. The molecule has 0 saturated carbocycles. The molecule has 53 valence electrons. The Kier molecular flexibility index (Phi) is 5.77. The second-order valence-electron chi connectivity index (χ2n) is 1.74. The van der Waals surface area contributed by atoms with E-state index in [0.29, 0.717) is 32.7 Å². The standard InChI is InChI=1S/C5H7FNO2.Hg/c1-2-7-5(9)3-4(6)8;/h1-3H2,(H,7,9);. The van der Waals surface area contributed by atoms with Crippen molar-refractivity contribution in [2.45, 2.75) is 10.4 Å². The van der Waals surface area contributed by atoms with Crippen LogP contribution in [0, 0.1) is 0 Å². The van der Waals surface area contributed by atoms with E-state index in [4.69, 9.17) is 0 Å². The molecular weight excluding hydrogens is 326 g/mol. The van der Waals surface area contributed by atoms with Crippen LogP contribution in [-0.4, -0.2) is 18.5 Å². The molecule has 0 heterocycles. The fourth-order valence-electron chi connectivity index (χ4n) is 0.417. The summed E-state index contributed by atoms with van der Waals surface area (Å²) in [6, 6.07) is -1.57. The van der Waals surface area contributed by atoms with E-state index >= 15 is 0 Å². The Bertz CT molecular complexity index is 140. The van der Waals surface area contributed by atoms with Crippen molar-refractivity contribution >= 4 is 11.9 Å². The monoisotopic (exact) mass is 334 g/mol. The Balaban J connectivity index is 3.35. The number of carbonyl (C=O) groups excluding carboxylic acids is 2. The Morgan fingerprint density at radius 2 is 2.10 bits per heavy atom. The summed E-state index contributed by atoms with van der Waals surface area (Å²) in [5, 5.41) is 2.41. The Morgan fingerprint density at radius 1 is 1.50 bits per heavy atom. The first-order chi connectivity index (χ1) is 4.66. The molecule has 0 aromatic heterocycles. The van der Waals surface area contributed by atoms with E-state index in [1.807, 2.05) is 0 Å². The number of amides is 1. The van der Waals surface area contributed by atoms with Crippen LogP contribution in [-0.2, 0) is 35.7 Å². The molecule has 0 aliphatic rings. The molecule has 0 aliphatic heterocycles. The Morgan fingerprint density at radius 3 is 2.50 bits per heavy atom. The van der Waals surface area contributed by atoms with Crippen LogP contribution in [0.25, 0.3) is 0 Å². The quantitative estimate of drug-likeness (QED) is 0.446. The van der Waals surface area contributed by atoms with Crippen LogP contribution in [0.15, 0.2) is 0 Å². The zero-order chi connectivity index (χ0) is 7.98. The molecule has 0 saturated heterocycles. The Hall–Kier alpha value is 0.00506. The molecule has 0 bridgehead atoms. The summed E-state index contributed by atoms with van der Waals surface area (Å²) >= 11 is 0.651. The van der Waals surface area contributed by atoms with E-state index in [1.54, 1.807) is 0 Å². The topological polar surface area (TPSA) is 46.2 Å². The van der Waals surface area contributed by atoms with Gasteiger partial charge in [0.15, 0.2) is 0 Å². The first kappa shape index (κ1) is 10.0. The van der Waals surface area contributed by atoms with E-state index < -0.39 is 18.4 Å². The van der Waals surface area contributed by atoms with Crippen LogP contribution < -0.4 is 5.32 Å². The van der Waals surface area contributed by atoms with Gasteiger partial charge in [0.05, 0.1) is 0 Å². The third kappa shape index (κ3) is 6.13. The van der Waals surface area contributed by atoms with E-state index in [-0.39, 0.29) is 0 Å². The van der Waals surface area contributed by atoms with E-state index in [9.17, 15) is 14.0 Å². The van der Waals surface area contributed by atoms with Gasteiger partial charge in [0.1, 0.15) is 0 Å². The van der Waals surface area contributed by atoms with Crippen LogP contribution in [0.4, 0.5) is 4.39 Å². The van der Waals surface area contributed by atoms with Gasteiger partial charge in [-0.15, -0.1) is 0 Å². The molecule has 0 aromatic rings. The van der Waals surface area contributed by atoms with Crippen molar-refractivity contribution < 1.29 is 40.1 Å². The molecule has 0 fully saturated rings. The van der Waals surface area contributed by atoms with Gasteiger partial charge in [-0.05, 0) is 0 Å². The van der Waals surface area contributed by atoms with Crippen LogP contribution in [0.2, 0.25) is 3.93 Å². The molecule has 0 rings (SSSR count). The molecule has 0 atom stereocenters. The van der Waals surface area contributed by atoms with Crippen molar-refractivity contribution in [3.8, 4) is 0 Å². The van der Waals surface area contributed by atoms with Crippen molar-refractivity contribution in [2.75, 3.05) is 6.54 Å². The zero-order valence-electron chi connectivity index (χ0n) is 5.52. The average Bonchev–Trinajstić information content (AvgIpc) is 1.82.